The van der Waals surface area contributed by atoms with Crippen LogP contribution in [0.4, 0.5) is 0 Å². The van der Waals surface area contributed by atoms with Crippen molar-refractivity contribution >= 4 is 21.7 Å². The minimum atomic E-state index is -3.52. The van der Waals surface area contributed by atoms with Gasteiger partial charge in [0.2, 0.25) is 0 Å². The molecule has 1 amide bonds. The Morgan fingerprint density at radius 1 is 0.882 bits per heavy atom. The first-order valence-corrected chi connectivity index (χ1v) is 12.8. The average Bonchev–Trinajstić information content (AvgIpc) is 2.89. The fourth-order valence-electron chi connectivity index (χ4n) is 4.56. The van der Waals surface area contributed by atoms with E-state index in [-0.39, 0.29) is 22.5 Å². The van der Waals surface area contributed by atoms with E-state index in [2.05, 4.69) is 0 Å². The number of carbonyl (C=O) groups excluding carboxylic acids is 2. The topological polar surface area (TPSA) is 80.8 Å². The Bertz CT molecular complexity index is 1260. The van der Waals surface area contributed by atoms with Gasteiger partial charge in [-0.1, -0.05) is 60.7 Å². The maximum Gasteiger partial charge on any atom is 0.316 e. The average molecular weight is 478 g/mol. The molecule has 6 nitrogen and oxygen atoms in total. The zero-order valence-corrected chi connectivity index (χ0v) is 19.8. The third-order valence-electron chi connectivity index (χ3n) is 6.44. The van der Waals surface area contributed by atoms with Crippen LogP contribution >= 0.6 is 0 Å². The highest BCUT2D eigenvalue weighted by molar-refractivity contribution is 7.90. The second kappa shape index (κ2) is 9.81. The molecule has 1 aliphatic heterocycles. The van der Waals surface area contributed by atoms with Gasteiger partial charge in [-0.2, -0.15) is 0 Å². The summed E-state index contributed by atoms with van der Waals surface area (Å²) in [7, 11) is -2.13. The van der Waals surface area contributed by atoms with Gasteiger partial charge in [0.15, 0.2) is 9.84 Å². The maximum absolute atomic E-state index is 13.2. The van der Waals surface area contributed by atoms with Crippen LogP contribution in [0.1, 0.15) is 34.3 Å². The molecular formula is C27H27NO5S. The third kappa shape index (κ3) is 4.75. The minimum Gasteiger partial charge on any atom is -0.468 e. The number of hydrogen-bond acceptors (Lipinski definition) is 5. The summed E-state index contributed by atoms with van der Waals surface area (Å²) in [6.07, 6.45) is 0.912. The lowest BCUT2D eigenvalue weighted by molar-refractivity contribution is -0.149. The highest BCUT2D eigenvalue weighted by atomic mass is 32.2. The van der Waals surface area contributed by atoms with Crippen LogP contribution in [0.2, 0.25) is 0 Å². The Kier molecular flexibility index (Phi) is 6.84. The number of nitrogens with zero attached hydrogens (tertiary/aromatic N) is 1. The van der Waals surface area contributed by atoms with E-state index < -0.39 is 15.3 Å². The zero-order valence-electron chi connectivity index (χ0n) is 19.0. The normalized spacial score (nSPS) is 15.5. The molecule has 7 heteroatoms. The molecule has 0 saturated carbocycles. The van der Waals surface area contributed by atoms with Gasteiger partial charge in [-0.25, -0.2) is 8.42 Å². The van der Waals surface area contributed by atoms with Crippen LogP contribution in [0.5, 0.6) is 0 Å². The van der Waals surface area contributed by atoms with E-state index in [1.54, 1.807) is 59.5 Å². The first kappa shape index (κ1) is 23.7. The second-order valence-corrected chi connectivity index (χ2v) is 10.5. The van der Waals surface area contributed by atoms with Crippen LogP contribution in [0, 0.1) is 0 Å². The monoisotopic (exact) mass is 477 g/mol. The summed E-state index contributed by atoms with van der Waals surface area (Å²) in [5.74, 6) is -0.651. The summed E-state index contributed by atoms with van der Waals surface area (Å²) >= 11 is 0. The summed E-state index contributed by atoms with van der Waals surface area (Å²) in [5, 5.41) is 0. The van der Waals surface area contributed by atoms with Gasteiger partial charge in [-0.15, -0.1) is 0 Å². The number of methoxy groups -OCH3 is 1. The first-order valence-electron chi connectivity index (χ1n) is 11.2. The summed E-state index contributed by atoms with van der Waals surface area (Å²) in [5.41, 5.74) is 1.10. The van der Waals surface area contributed by atoms with E-state index in [1.807, 2.05) is 30.3 Å². The number of amides is 1. The number of ether oxygens (including phenoxy) is 1. The molecule has 0 N–H and O–H groups in total. The number of esters is 1. The van der Waals surface area contributed by atoms with Gasteiger partial charge >= 0.3 is 5.97 Å². The van der Waals surface area contributed by atoms with Crippen LogP contribution in [-0.4, -0.2) is 45.4 Å². The standard InChI is InChI=1S/C27H27NO5S/c1-33-26(30)27(23-11-4-2-5-12-23)15-17-28(18-16-27)25(29)22-10-8-9-21(19-22)20-34(31,32)24-13-6-3-7-14-24/h2-14,19H,15-18,20H2,1H3. The van der Waals surface area contributed by atoms with E-state index in [0.29, 0.717) is 37.1 Å². The molecule has 4 rings (SSSR count). The van der Waals surface area contributed by atoms with Gasteiger partial charge in [-0.05, 0) is 48.2 Å². The zero-order chi connectivity index (χ0) is 24.2. The van der Waals surface area contributed by atoms with Crippen molar-refractivity contribution in [1.82, 2.24) is 4.90 Å². The minimum absolute atomic E-state index is 0.175. The molecule has 3 aromatic rings. The number of hydrogen-bond donors (Lipinski definition) is 0. The molecule has 1 fully saturated rings. The van der Waals surface area contributed by atoms with Gasteiger partial charge in [0, 0.05) is 18.7 Å². The molecule has 0 aromatic heterocycles. The SMILES string of the molecule is COC(=O)C1(c2ccccc2)CCN(C(=O)c2cccc(CS(=O)(=O)c3ccccc3)c2)CC1. The third-order valence-corrected chi connectivity index (χ3v) is 8.14. The molecule has 0 spiro atoms. The van der Waals surface area contributed by atoms with E-state index in [1.165, 1.54) is 7.11 Å². The van der Waals surface area contributed by atoms with Gasteiger partial charge in [-0.3, -0.25) is 9.59 Å². The van der Waals surface area contributed by atoms with E-state index >= 15 is 0 Å². The molecule has 1 aliphatic rings. The molecule has 3 aromatic carbocycles. The van der Waals surface area contributed by atoms with Crippen molar-refractivity contribution in [2.75, 3.05) is 20.2 Å². The van der Waals surface area contributed by atoms with E-state index in [0.717, 1.165) is 5.56 Å². The first-order chi connectivity index (χ1) is 16.4. The lowest BCUT2D eigenvalue weighted by Gasteiger charge is -2.40. The molecule has 0 atom stereocenters. The van der Waals surface area contributed by atoms with Gasteiger partial charge in [0.1, 0.15) is 0 Å². The largest absolute Gasteiger partial charge is 0.468 e. The van der Waals surface area contributed by atoms with Crippen molar-refractivity contribution in [2.24, 2.45) is 0 Å². The van der Waals surface area contributed by atoms with Crippen LogP contribution in [0.25, 0.3) is 0 Å². The quantitative estimate of drug-likeness (QED) is 0.501. The fourth-order valence-corrected chi connectivity index (χ4v) is 5.92. The molecule has 34 heavy (non-hydrogen) atoms. The van der Waals surface area contributed by atoms with E-state index in [4.69, 9.17) is 4.74 Å². The molecule has 1 saturated heterocycles. The Hall–Kier alpha value is -3.45. The maximum atomic E-state index is 13.2. The van der Waals surface area contributed by atoms with Crippen LogP contribution in [0.15, 0.2) is 89.8 Å². The predicted molar refractivity (Wildman–Crippen MR) is 129 cm³/mol. The molecule has 176 valence electrons. The van der Waals surface area contributed by atoms with Crippen LogP contribution in [0.3, 0.4) is 0 Å². The van der Waals surface area contributed by atoms with Crippen LogP contribution in [-0.2, 0) is 30.5 Å². The number of sulfone groups is 1. The van der Waals surface area contributed by atoms with Crippen molar-refractivity contribution in [3.05, 3.63) is 102 Å². The predicted octanol–water partition coefficient (Wildman–Crippen LogP) is 4.01. The number of benzene rings is 3. The lowest BCUT2D eigenvalue weighted by atomic mass is 9.72. The summed E-state index contributed by atoms with van der Waals surface area (Å²) in [4.78, 5) is 28.0. The van der Waals surface area contributed by atoms with Crippen molar-refractivity contribution < 1.29 is 22.7 Å². The smallest absolute Gasteiger partial charge is 0.316 e. The summed E-state index contributed by atoms with van der Waals surface area (Å²) in [6, 6.07) is 24.6. The summed E-state index contributed by atoms with van der Waals surface area (Å²) in [6.45, 7) is 0.796. The fraction of sp³-hybridized carbons (Fsp3) is 0.259. The van der Waals surface area contributed by atoms with Crippen molar-refractivity contribution in [3.8, 4) is 0 Å². The number of likely N-dealkylation sites (tertiary alicyclic amines) is 1. The van der Waals surface area contributed by atoms with Crippen molar-refractivity contribution in [3.63, 3.8) is 0 Å². The molecule has 0 radical (unpaired) electrons. The van der Waals surface area contributed by atoms with Crippen molar-refractivity contribution in [2.45, 2.75) is 28.9 Å². The lowest BCUT2D eigenvalue weighted by Crippen LogP contribution is -2.49. The van der Waals surface area contributed by atoms with Gasteiger partial charge in [0.25, 0.3) is 5.91 Å². The van der Waals surface area contributed by atoms with Crippen LogP contribution < -0.4 is 0 Å². The Labute approximate surface area is 200 Å². The summed E-state index contributed by atoms with van der Waals surface area (Å²) < 4.78 is 30.6. The van der Waals surface area contributed by atoms with Gasteiger partial charge in [0.05, 0.1) is 23.2 Å². The molecule has 0 aliphatic carbocycles. The van der Waals surface area contributed by atoms with Crippen molar-refractivity contribution in [1.29, 1.82) is 0 Å². The molecule has 0 unspecified atom stereocenters. The Balaban J connectivity index is 1.50. The highest BCUT2D eigenvalue weighted by Gasteiger charge is 2.44. The number of rotatable bonds is 6. The van der Waals surface area contributed by atoms with E-state index in [9.17, 15) is 18.0 Å². The molecule has 0 bridgehead atoms. The second-order valence-electron chi connectivity index (χ2n) is 8.50. The number of carbonyl (C=O) groups is 2. The molecular weight excluding hydrogens is 450 g/mol. The Morgan fingerprint density at radius 3 is 2.12 bits per heavy atom. The highest BCUT2D eigenvalue weighted by Crippen LogP contribution is 2.37. The Morgan fingerprint density at radius 2 is 1.50 bits per heavy atom. The van der Waals surface area contributed by atoms with Gasteiger partial charge < -0.3 is 9.64 Å². The number of piperidine rings is 1. The molecule has 1 heterocycles.